The van der Waals surface area contributed by atoms with Crippen LogP contribution in [0, 0.1) is 17.8 Å². The number of rotatable bonds is 3. The second kappa shape index (κ2) is 6.30. The zero-order chi connectivity index (χ0) is 14.9. The van der Waals surface area contributed by atoms with Crippen molar-refractivity contribution in [3.8, 4) is 0 Å². The fourth-order valence-electron chi connectivity index (χ4n) is 4.23. The Kier molecular flexibility index (Phi) is 5.11. The van der Waals surface area contributed by atoms with Crippen LogP contribution >= 0.6 is 0 Å². The molecule has 4 heteroatoms. The van der Waals surface area contributed by atoms with Gasteiger partial charge in [-0.05, 0) is 44.4 Å². The largest absolute Gasteiger partial charge is 0.394 e. The molecule has 0 aromatic heterocycles. The Morgan fingerprint density at radius 1 is 1.30 bits per heavy atom. The summed E-state index contributed by atoms with van der Waals surface area (Å²) in [6.07, 6.45) is 2.37. The van der Waals surface area contributed by atoms with Gasteiger partial charge in [0.15, 0.2) is 0 Å². The van der Waals surface area contributed by atoms with E-state index in [1.807, 2.05) is 0 Å². The molecule has 1 saturated carbocycles. The van der Waals surface area contributed by atoms with Gasteiger partial charge in [0.2, 0.25) is 0 Å². The van der Waals surface area contributed by atoms with Crippen LogP contribution < -0.4 is 5.73 Å². The Balaban J connectivity index is 1.97. The summed E-state index contributed by atoms with van der Waals surface area (Å²) >= 11 is 0. The maximum Gasteiger partial charge on any atom is 0.0940 e. The predicted molar refractivity (Wildman–Crippen MR) is 81.5 cm³/mol. The number of aliphatic hydroxyl groups excluding tert-OH is 1. The van der Waals surface area contributed by atoms with E-state index in [1.165, 1.54) is 6.42 Å². The molecule has 118 valence electrons. The van der Waals surface area contributed by atoms with Crippen molar-refractivity contribution in [1.82, 2.24) is 4.90 Å². The molecule has 5 unspecified atom stereocenters. The van der Waals surface area contributed by atoms with Gasteiger partial charge in [-0.3, -0.25) is 4.90 Å². The Bertz CT molecular complexity index is 310. The van der Waals surface area contributed by atoms with E-state index in [-0.39, 0.29) is 18.3 Å². The van der Waals surface area contributed by atoms with E-state index in [2.05, 4.69) is 32.6 Å². The number of hydrogen-bond acceptors (Lipinski definition) is 4. The summed E-state index contributed by atoms with van der Waals surface area (Å²) in [6.45, 7) is 11.8. The minimum Gasteiger partial charge on any atom is -0.394 e. The molecule has 0 radical (unpaired) electrons. The Hall–Kier alpha value is -0.160. The summed E-state index contributed by atoms with van der Waals surface area (Å²) in [4.78, 5) is 2.45. The summed E-state index contributed by atoms with van der Waals surface area (Å²) in [5.74, 6) is 2.01. The van der Waals surface area contributed by atoms with Gasteiger partial charge in [-0.15, -0.1) is 0 Å². The molecule has 1 saturated heterocycles. The minimum absolute atomic E-state index is 0.0622. The molecule has 1 aliphatic heterocycles. The van der Waals surface area contributed by atoms with Crippen molar-refractivity contribution < 1.29 is 9.84 Å². The molecule has 0 amide bonds. The molecule has 20 heavy (non-hydrogen) atoms. The van der Waals surface area contributed by atoms with Crippen LogP contribution in [0.5, 0.6) is 0 Å². The van der Waals surface area contributed by atoms with E-state index in [0.717, 1.165) is 32.0 Å². The molecule has 0 bridgehead atoms. The fourth-order valence-corrected chi connectivity index (χ4v) is 4.23. The molecular weight excluding hydrogens is 252 g/mol. The summed E-state index contributed by atoms with van der Waals surface area (Å²) < 4.78 is 5.89. The molecule has 2 fully saturated rings. The van der Waals surface area contributed by atoms with Gasteiger partial charge >= 0.3 is 0 Å². The quantitative estimate of drug-likeness (QED) is 0.824. The van der Waals surface area contributed by atoms with Crippen molar-refractivity contribution in [3.05, 3.63) is 0 Å². The van der Waals surface area contributed by atoms with Crippen molar-refractivity contribution >= 4 is 0 Å². The molecular formula is C16H32N2O2. The molecule has 1 heterocycles. The van der Waals surface area contributed by atoms with Crippen molar-refractivity contribution in [3.63, 3.8) is 0 Å². The normalized spacial score (nSPS) is 42.6. The van der Waals surface area contributed by atoms with Gasteiger partial charge in [0.25, 0.3) is 0 Å². The van der Waals surface area contributed by atoms with Crippen LogP contribution in [0.4, 0.5) is 0 Å². The first kappa shape index (κ1) is 16.2. The summed E-state index contributed by atoms with van der Waals surface area (Å²) in [6, 6.07) is 0.312. The second-order valence-electron chi connectivity index (χ2n) is 7.76. The lowest BCUT2D eigenvalue weighted by atomic mass is 9.72. The Labute approximate surface area is 123 Å². The van der Waals surface area contributed by atoms with E-state index < -0.39 is 0 Å². The van der Waals surface area contributed by atoms with Gasteiger partial charge in [0.1, 0.15) is 0 Å². The average molecular weight is 284 g/mol. The van der Waals surface area contributed by atoms with Gasteiger partial charge in [-0.25, -0.2) is 0 Å². The monoisotopic (exact) mass is 284 g/mol. The molecule has 0 aromatic carbocycles. The molecule has 2 rings (SSSR count). The zero-order valence-electron chi connectivity index (χ0n) is 13.5. The Morgan fingerprint density at radius 3 is 2.60 bits per heavy atom. The average Bonchev–Trinajstić information content (AvgIpc) is 2.31. The highest BCUT2D eigenvalue weighted by Gasteiger charge is 2.37. The third-order valence-electron chi connectivity index (χ3n) is 4.95. The van der Waals surface area contributed by atoms with Crippen LogP contribution in [-0.2, 0) is 4.74 Å². The number of ether oxygens (including phenoxy) is 1. The molecule has 3 N–H and O–H groups in total. The minimum atomic E-state index is -0.180. The van der Waals surface area contributed by atoms with Gasteiger partial charge < -0.3 is 15.6 Å². The maximum atomic E-state index is 9.41. The number of nitrogens with zero attached hydrogens (tertiary/aromatic N) is 1. The third-order valence-corrected chi connectivity index (χ3v) is 4.95. The summed E-state index contributed by atoms with van der Waals surface area (Å²) in [7, 11) is 0. The number of morpholine rings is 1. The van der Waals surface area contributed by atoms with Crippen molar-refractivity contribution in [1.29, 1.82) is 0 Å². The first-order valence-electron chi connectivity index (χ1n) is 8.07. The molecule has 4 nitrogen and oxygen atoms in total. The lowest BCUT2D eigenvalue weighted by Gasteiger charge is -2.46. The van der Waals surface area contributed by atoms with Crippen LogP contribution in [0.25, 0.3) is 0 Å². The number of hydrogen-bond donors (Lipinski definition) is 2. The van der Waals surface area contributed by atoms with Crippen molar-refractivity contribution in [2.75, 3.05) is 26.2 Å². The predicted octanol–water partition coefficient (Wildman–Crippen LogP) is 1.47. The van der Waals surface area contributed by atoms with Crippen molar-refractivity contribution in [2.24, 2.45) is 23.5 Å². The van der Waals surface area contributed by atoms with E-state index in [4.69, 9.17) is 10.5 Å². The highest BCUT2D eigenvalue weighted by atomic mass is 16.5. The topological polar surface area (TPSA) is 58.7 Å². The number of nitrogens with two attached hydrogens (primary N) is 1. The molecule has 0 aromatic rings. The van der Waals surface area contributed by atoms with Crippen LogP contribution in [0.15, 0.2) is 0 Å². The van der Waals surface area contributed by atoms with Gasteiger partial charge in [0.05, 0.1) is 18.3 Å². The highest BCUT2D eigenvalue weighted by molar-refractivity contribution is 4.91. The fraction of sp³-hybridized carbons (Fsp3) is 1.00. The van der Waals surface area contributed by atoms with Gasteiger partial charge in [0, 0.05) is 25.7 Å². The van der Waals surface area contributed by atoms with E-state index in [9.17, 15) is 5.11 Å². The lowest BCUT2D eigenvalue weighted by molar-refractivity contribution is -0.152. The first-order chi connectivity index (χ1) is 9.30. The smallest absolute Gasteiger partial charge is 0.0940 e. The van der Waals surface area contributed by atoms with Gasteiger partial charge in [-0.1, -0.05) is 13.8 Å². The molecule has 0 spiro atoms. The van der Waals surface area contributed by atoms with E-state index in [0.29, 0.717) is 17.9 Å². The zero-order valence-corrected chi connectivity index (χ0v) is 13.5. The van der Waals surface area contributed by atoms with E-state index >= 15 is 0 Å². The number of aliphatic hydroxyl groups is 1. The molecule has 2 aliphatic rings. The van der Waals surface area contributed by atoms with E-state index in [1.54, 1.807) is 0 Å². The van der Waals surface area contributed by atoms with Gasteiger partial charge in [-0.2, -0.15) is 0 Å². The second-order valence-corrected chi connectivity index (χ2v) is 7.76. The summed E-state index contributed by atoms with van der Waals surface area (Å²) in [5.41, 5.74) is 6.22. The van der Waals surface area contributed by atoms with Crippen LogP contribution in [0.1, 0.15) is 40.5 Å². The molecule has 5 atom stereocenters. The van der Waals surface area contributed by atoms with Crippen LogP contribution in [-0.4, -0.2) is 54.0 Å². The first-order valence-corrected chi connectivity index (χ1v) is 8.07. The lowest BCUT2D eigenvalue weighted by Crippen LogP contribution is -2.57. The SMILES string of the molecule is CC1CC(C)C(CN2CC(CO)OC(C)(C)C2)C(N)C1. The summed E-state index contributed by atoms with van der Waals surface area (Å²) in [5, 5.41) is 9.41. The Morgan fingerprint density at radius 2 is 2.00 bits per heavy atom. The maximum absolute atomic E-state index is 9.41. The third kappa shape index (κ3) is 3.94. The molecule has 1 aliphatic carbocycles. The standard InChI is InChI=1S/C16H32N2O2/c1-11-5-12(2)14(15(17)6-11)8-18-7-13(9-19)20-16(3,4)10-18/h11-15,19H,5-10,17H2,1-4H3. The van der Waals surface area contributed by atoms with Crippen LogP contribution in [0.3, 0.4) is 0 Å². The van der Waals surface area contributed by atoms with Crippen molar-refractivity contribution in [2.45, 2.75) is 58.3 Å². The highest BCUT2D eigenvalue weighted by Crippen LogP contribution is 2.34. The van der Waals surface area contributed by atoms with Crippen LogP contribution in [0.2, 0.25) is 0 Å².